The summed E-state index contributed by atoms with van der Waals surface area (Å²) < 4.78 is 48.7. The van der Waals surface area contributed by atoms with E-state index >= 15 is 0 Å². The minimum absolute atomic E-state index is 0.279. The van der Waals surface area contributed by atoms with E-state index in [-0.39, 0.29) is 6.20 Å². The fraction of sp³-hybridized carbons (Fsp3) is 0.167. The molecule has 1 rings (SSSR count). The first kappa shape index (κ1) is 10.9. The molecule has 1 heterocycles. The largest absolute Gasteiger partial charge is 0.493 e. The number of hydrogen-bond donors (Lipinski definition) is 2. The van der Waals surface area contributed by atoms with Gasteiger partial charge in [0.05, 0.1) is 5.56 Å². The van der Waals surface area contributed by atoms with Gasteiger partial charge >= 0.3 is 13.3 Å². The molecular weight excluding hydrogens is 205 g/mol. The molecule has 0 aliphatic carbocycles. The van der Waals surface area contributed by atoms with Crippen molar-refractivity contribution < 1.29 is 27.6 Å². The van der Waals surface area contributed by atoms with Crippen molar-refractivity contribution >= 4 is 12.6 Å². The lowest BCUT2D eigenvalue weighted by Crippen LogP contribution is -2.34. The lowest BCUT2D eigenvalue weighted by atomic mass is 9.80. The molecule has 0 saturated heterocycles. The summed E-state index contributed by atoms with van der Waals surface area (Å²) in [5.41, 5.74) is -2.14. The minimum Gasteiger partial charge on any atom is -0.423 e. The Labute approximate surface area is 76.2 Å². The summed E-state index contributed by atoms with van der Waals surface area (Å²) in [5, 5.41) is 17.0. The summed E-state index contributed by atoms with van der Waals surface area (Å²) in [5.74, 6) is -1.34. The molecule has 3 nitrogen and oxygen atoms in total. The Bertz CT molecular complexity index is 341. The molecule has 0 radical (unpaired) electrons. The van der Waals surface area contributed by atoms with Crippen LogP contribution in [0, 0.1) is 5.95 Å². The van der Waals surface area contributed by atoms with Crippen LogP contribution < -0.4 is 5.46 Å². The smallest absolute Gasteiger partial charge is 0.423 e. The van der Waals surface area contributed by atoms with Gasteiger partial charge in [-0.25, -0.2) is 4.98 Å². The third kappa shape index (κ3) is 2.21. The summed E-state index contributed by atoms with van der Waals surface area (Å²) in [6.07, 6.45) is -4.41. The van der Waals surface area contributed by atoms with Crippen molar-refractivity contribution in [2.75, 3.05) is 0 Å². The van der Waals surface area contributed by atoms with E-state index in [0.717, 1.165) is 0 Å². The summed E-state index contributed by atoms with van der Waals surface area (Å²) in [6.45, 7) is 0. The highest BCUT2D eigenvalue weighted by molar-refractivity contribution is 6.58. The number of halogens is 4. The van der Waals surface area contributed by atoms with Crippen LogP contribution in [0.2, 0.25) is 0 Å². The molecule has 0 saturated carbocycles. The molecule has 2 N–H and O–H groups in total. The third-order valence-electron chi connectivity index (χ3n) is 1.47. The van der Waals surface area contributed by atoms with Crippen molar-refractivity contribution in [3.05, 3.63) is 23.8 Å². The van der Waals surface area contributed by atoms with Crippen molar-refractivity contribution in [2.45, 2.75) is 6.18 Å². The summed E-state index contributed by atoms with van der Waals surface area (Å²) in [6, 6.07) is 0.299. The molecule has 0 unspecified atom stereocenters. The van der Waals surface area contributed by atoms with E-state index in [1.807, 2.05) is 0 Å². The number of aromatic nitrogens is 1. The van der Waals surface area contributed by atoms with E-state index < -0.39 is 30.3 Å². The molecule has 0 fully saturated rings. The first-order valence-corrected chi connectivity index (χ1v) is 3.41. The van der Waals surface area contributed by atoms with Crippen molar-refractivity contribution in [3.63, 3.8) is 0 Å². The maximum absolute atomic E-state index is 12.6. The molecule has 1 aromatic rings. The highest BCUT2D eigenvalue weighted by Crippen LogP contribution is 2.27. The van der Waals surface area contributed by atoms with E-state index in [9.17, 15) is 17.6 Å². The number of alkyl halides is 3. The Morgan fingerprint density at radius 2 is 1.86 bits per heavy atom. The quantitative estimate of drug-likeness (QED) is 0.386. The van der Waals surface area contributed by atoms with E-state index in [1.165, 1.54) is 0 Å². The second-order valence-electron chi connectivity index (χ2n) is 2.48. The molecule has 0 aliphatic rings. The SMILES string of the molecule is OB(O)c1cc(C(F)(F)F)cnc1F. The fourth-order valence-corrected chi connectivity index (χ4v) is 0.801. The molecule has 1 aromatic heterocycles. The van der Waals surface area contributed by atoms with Crippen LogP contribution in [0.3, 0.4) is 0 Å². The van der Waals surface area contributed by atoms with Gasteiger partial charge in [0.15, 0.2) is 0 Å². The van der Waals surface area contributed by atoms with Gasteiger partial charge in [-0.2, -0.15) is 17.6 Å². The molecule has 0 bridgehead atoms. The molecular formula is C6H4BF4NO2. The fourth-order valence-electron chi connectivity index (χ4n) is 0.801. The van der Waals surface area contributed by atoms with Crippen molar-refractivity contribution in [2.24, 2.45) is 0 Å². The topological polar surface area (TPSA) is 53.4 Å². The number of rotatable bonds is 1. The number of nitrogens with zero attached hydrogens (tertiary/aromatic N) is 1. The minimum atomic E-state index is -4.69. The van der Waals surface area contributed by atoms with E-state index in [2.05, 4.69) is 4.98 Å². The highest BCUT2D eigenvalue weighted by atomic mass is 19.4. The van der Waals surface area contributed by atoms with Gasteiger partial charge in [-0.15, -0.1) is 0 Å². The zero-order chi connectivity index (χ0) is 10.9. The maximum Gasteiger partial charge on any atom is 0.493 e. The zero-order valence-electron chi connectivity index (χ0n) is 6.59. The number of pyridine rings is 1. The lowest BCUT2D eigenvalue weighted by Gasteiger charge is -2.07. The second kappa shape index (κ2) is 3.54. The van der Waals surface area contributed by atoms with E-state index in [4.69, 9.17) is 10.0 Å². The van der Waals surface area contributed by atoms with Crippen LogP contribution in [-0.4, -0.2) is 22.2 Å². The van der Waals surface area contributed by atoms with E-state index in [0.29, 0.717) is 6.07 Å². The summed E-state index contributed by atoms with van der Waals surface area (Å²) in [7, 11) is -2.32. The predicted molar refractivity (Wildman–Crippen MR) is 39.0 cm³/mol. The third-order valence-corrected chi connectivity index (χ3v) is 1.47. The molecule has 0 atom stereocenters. The lowest BCUT2D eigenvalue weighted by molar-refractivity contribution is -0.137. The monoisotopic (exact) mass is 209 g/mol. The van der Waals surface area contributed by atoms with Gasteiger partial charge in [-0.05, 0) is 6.07 Å². The Morgan fingerprint density at radius 1 is 1.29 bits per heavy atom. The van der Waals surface area contributed by atoms with Gasteiger partial charge < -0.3 is 10.0 Å². The average molecular weight is 209 g/mol. The average Bonchev–Trinajstić information content (AvgIpc) is 2.02. The van der Waals surface area contributed by atoms with Gasteiger partial charge in [0, 0.05) is 11.7 Å². The van der Waals surface area contributed by atoms with E-state index in [1.54, 1.807) is 0 Å². The Balaban J connectivity index is 3.20. The highest BCUT2D eigenvalue weighted by Gasteiger charge is 2.33. The van der Waals surface area contributed by atoms with Crippen LogP contribution in [-0.2, 0) is 6.18 Å². The van der Waals surface area contributed by atoms with Crippen LogP contribution in [0.1, 0.15) is 5.56 Å². The second-order valence-corrected chi connectivity index (χ2v) is 2.48. The van der Waals surface area contributed by atoms with Crippen molar-refractivity contribution in [3.8, 4) is 0 Å². The van der Waals surface area contributed by atoms with Gasteiger partial charge in [-0.3, -0.25) is 0 Å². The Hall–Kier alpha value is -1.15. The predicted octanol–water partition coefficient (Wildman–Crippen LogP) is -0.0807. The van der Waals surface area contributed by atoms with Gasteiger partial charge in [0.25, 0.3) is 0 Å². The standard InChI is InChI=1S/C6H4BF4NO2/c8-5-4(7(13)14)1-3(2-12-5)6(9,10)11/h1-2,13-14H. The molecule has 14 heavy (non-hydrogen) atoms. The summed E-state index contributed by atoms with van der Waals surface area (Å²) in [4.78, 5) is 2.76. The molecule has 0 amide bonds. The Kier molecular flexibility index (Phi) is 2.77. The maximum atomic E-state index is 12.6. The van der Waals surface area contributed by atoms with Gasteiger partial charge in [0.1, 0.15) is 0 Å². The van der Waals surface area contributed by atoms with Crippen LogP contribution in [0.15, 0.2) is 12.3 Å². The zero-order valence-corrected chi connectivity index (χ0v) is 6.59. The van der Waals surface area contributed by atoms with Gasteiger partial charge in [0.2, 0.25) is 5.95 Å². The van der Waals surface area contributed by atoms with Gasteiger partial charge in [-0.1, -0.05) is 0 Å². The van der Waals surface area contributed by atoms with Crippen LogP contribution in [0.4, 0.5) is 17.6 Å². The normalized spacial score (nSPS) is 11.6. The molecule has 0 aliphatic heterocycles. The van der Waals surface area contributed by atoms with Crippen molar-refractivity contribution in [1.29, 1.82) is 0 Å². The van der Waals surface area contributed by atoms with Crippen LogP contribution in [0.5, 0.6) is 0 Å². The van der Waals surface area contributed by atoms with Crippen molar-refractivity contribution in [1.82, 2.24) is 4.98 Å². The molecule has 8 heteroatoms. The number of hydrogen-bond acceptors (Lipinski definition) is 3. The molecule has 0 spiro atoms. The van der Waals surface area contributed by atoms with Crippen LogP contribution in [0.25, 0.3) is 0 Å². The Morgan fingerprint density at radius 3 is 2.29 bits per heavy atom. The molecule has 76 valence electrons. The van der Waals surface area contributed by atoms with Crippen LogP contribution >= 0.6 is 0 Å². The first-order valence-electron chi connectivity index (χ1n) is 3.41. The first-order chi connectivity index (χ1) is 6.32. The summed E-state index contributed by atoms with van der Waals surface area (Å²) >= 11 is 0. The molecule has 0 aromatic carbocycles.